The number of ether oxygens (including phenoxy) is 1. The van der Waals surface area contributed by atoms with Gasteiger partial charge < -0.3 is 25.2 Å². The second kappa shape index (κ2) is 6.72. The van der Waals surface area contributed by atoms with Gasteiger partial charge in [0.1, 0.15) is 5.54 Å². The summed E-state index contributed by atoms with van der Waals surface area (Å²) in [7, 11) is 0. The second-order valence-electron chi connectivity index (χ2n) is 5.14. The molecule has 1 rings (SSSR count). The monoisotopic (exact) mass is 274 g/mol. The van der Waals surface area contributed by atoms with Crippen molar-refractivity contribution in [1.82, 2.24) is 10.2 Å². The van der Waals surface area contributed by atoms with E-state index in [4.69, 9.17) is 14.9 Å². The molecule has 1 aliphatic rings. The third-order valence-electron chi connectivity index (χ3n) is 3.13. The summed E-state index contributed by atoms with van der Waals surface area (Å²) in [6.07, 6.45) is 1.45. The number of likely N-dealkylation sites (tertiary alicyclic amines) is 1. The number of hydrogen-bond donors (Lipinski definition) is 3. The molecule has 110 valence electrons. The molecule has 0 saturated carbocycles. The van der Waals surface area contributed by atoms with Crippen LogP contribution in [0.3, 0.4) is 0 Å². The van der Waals surface area contributed by atoms with Crippen molar-refractivity contribution in [1.29, 1.82) is 0 Å². The van der Waals surface area contributed by atoms with Gasteiger partial charge in [0.2, 0.25) is 0 Å². The highest BCUT2D eigenvalue weighted by Crippen LogP contribution is 2.14. The molecule has 0 radical (unpaired) electrons. The zero-order valence-corrected chi connectivity index (χ0v) is 11.4. The van der Waals surface area contributed by atoms with Crippen LogP contribution < -0.4 is 5.32 Å². The van der Waals surface area contributed by atoms with Gasteiger partial charge in [-0.2, -0.15) is 0 Å². The first-order valence-corrected chi connectivity index (χ1v) is 6.40. The molecule has 1 heterocycles. The number of nitrogens with zero attached hydrogens (tertiary/aromatic N) is 1. The highest BCUT2D eigenvalue weighted by Gasteiger charge is 2.32. The van der Waals surface area contributed by atoms with Gasteiger partial charge in [0.25, 0.3) is 0 Å². The van der Waals surface area contributed by atoms with E-state index in [9.17, 15) is 9.59 Å². The Labute approximate surface area is 112 Å². The number of hydrogen-bond acceptors (Lipinski definition) is 4. The number of aliphatic hydroxyl groups is 1. The third kappa shape index (κ3) is 4.68. The quantitative estimate of drug-likeness (QED) is 0.657. The molecule has 7 nitrogen and oxygen atoms in total. The average Bonchev–Trinajstić information content (AvgIpc) is 2.36. The molecule has 1 saturated heterocycles. The first-order valence-electron chi connectivity index (χ1n) is 6.40. The smallest absolute Gasteiger partial charge is 0.328 e. The summed E-state index contributed by atoms with van der Waals surface area (Å²) in [5, 5.41) is 20.1. The van der Waals surface area contributed by atoms with Crippen LogP contribution in [0.1, 0.15) is 26.7 Å². The van der Waals surface area contributed by atoms with Gasteiger partial charge >= 0.3 is 12.0 Å². The van der Waals surface area contributed by atoms with Gasteiger partial charge in [0.05, 0.1) is 19.3 Å². The summed E-state index contributed by atoms with van der Waals surface area (Å²) < 4.78 is 5.40. The lowest BCUT2D eigenvalue weighted by molar-refractivity contribution is -0.143. The predicted octanol–water partition coefficient (Wildman–Crippen LogP) is 0.0325. The Balaban J connectivity index is 2.39. The summed E-state index contributed by atoms with van der Waals surface area (Å²) in [5.41, 5.74) is -1.28. The zero-order valence-electron chi connectivity index (χ0n) is 11.4. The van der Waals surface area contributed by atoms with Crippen LogP contribution in [0.15, 0.2) is 0 Å². The van der Waals surface area contributed by atoms with Crippen LogP contribution in [0.5, 0.6) is 0 Å². The number of aliphatic hydroxyl groups excluding tert-OH is 1. The SMILES string of the molecule is CC(C)(NC(=O)N1CCC(OCCO)CC1)C(=O)O. The van der Waals surface area contributed by atoms with Crippen molar-refractivity contribution in [2.24, 2.45) is 0 Å². The van der Waals surface area contributed by atoms with E-state index in [0.29, 0.717) is 32.5 Å². The minimum atomic E-state index is -1.28. The highest BCUT2D eigenvalue weighted by molar-refractivity contribution is 5.85. The molecule has 1 aliphatic heterocycles. The minimum Gasteiger partial charge on any atom is -0.480 e. The van der Waals surface area contributed by atoms with Crippen LogP contribution >= 0.6 is 0 Å². The Hall–Kier alpha value is -1.34. The molecule has 7 heteroatoms. The summed E-state index contributed by atoms with van der Waals surface area (Å²) in [6, 6.07) is -0.368. The topological polar surface area (TPSA) is 99.1 Å². The van der Waals surface area contributed by atoms with Gasteiger partial charge in [-0.3, -0.25) is 0 Å². The molecule has 0 aliphatic carbocycles. The Kier molecular flexibility index (Phi) is 5.56. The first kappa shape index (κ1) is 15.7. The van der Waals surface area contributed by atoms with Crippen molar-refractivity contribution in [3.8, 4) is 0 Å². The van der Waals surface area contributed by atoms with Gasteiger partial charge in [0.15, 0.2) is 0 Å². The number of carbonyl (C=O) groups excluding carboxylic acids is 1. The Morgan fingerprint density at radius 3 is 2.42 bits per heavy atom. The van der Waals surface area contributed by atoms with Gasteiger partial charge in [-0.1, -0.05) is 0 Å². The highest BCUT2D eigenvalue weighted by atomic mass is 16.5. The Bertz CT molecular complexity index is 324. The number of piperidine rings is 1. The summed E-state index contributed by atoms with van der Waals surface area (Å²) >= 11 is 0. The number of amides is 2. The molecule has 1 fully saturated rings. The number of urea groups is 1. The molecular weight excluding hydrogens is 252 g/mol. The van der Waals surface area contributed by atoms with Crippen LogP contribution in [0, 0.1) is 0 Å². The number of rotatable bonds is 5. The average molecular weight is 274 g/mol. The minimum absolute atomic E-state index is 0.00645. The zero-order chi connectivity index (χ0) is 14.5. The molecule has 19 heavy (non-hydrogen) atoms. The standard InChI is InChI=1S/C12H22N2O5/c1-12(2,10(16)17)13-11(18)14-5-3-9(4-6-14)19-8-7-15/h9,15H,3-8H2,1-2H3,(H,13,18)(H,16,17). The predicted molar refractivity (Wildman–Crippen MR) is 67.9 cm³/mol. The fourth-order valence-corrected chi connectivity index (χ4v) is 1.84. The van der Waals surface area contributed by atoms with Gasteiger partial charge in [-0.05, 0) is 26.7 Å². The molecule has 0 aromatic carbocycles. The van der Waals surface area contributed by atoms with E-state index in [2.05, 4.69) is 5.32 Å². The van der Waals surface area contributed by atoms with E-state index in [0.717, 1.165) is 0 Å². The lowest BCUT2D eigenvalue weighted by atomic mass is 10.1. The fraction of sp³-hybridized carbons (Fsp3) is 0.833. The molecular formula is C12H22N2O5. The van der Waals surface area contributed by atoms with Crippen molar-refractivity contribution in [2.45, 2.75) is 38.3 Å². The van der Waals surface area contributed by atoms with E-state index < -0.39 is 11.5 Å². The van der Waals surface area contributed by atoms with Crippen molar-refractivity contribution >= 4 is 12.0 Å². The maximum absolute atomic E-state index is 11.9. The Morgan fingerprint density at radius 2 is 1.95 bits per heavy atom. The Morgan fingerprint density at radius 1 is 1.37 bits per heavy atom. The van der Waals surface area contributed by atoms with E-state index in [1.165, 1.54) is 13.8 Å². The maximum Gasteiger partial charge on any atom is 0.328 e. The second-order valence-corrected chi connectivity index (χ2v) is 5.14. The van der Waals surface area contributed by atoms with E-state index in [1.54, 1.807) is 4.90 Å². The number of carboxylic acid groups (broad SMARTS) is 1. The summed E-state index contributed by atoms with van der Waals surface area (Å²) in [4.78, 5) is 24.4. The van der Waals surface area contributed by atoms with Gasteiger partial charge in [0, 0.05) is 13.1 Å². The summed E-state index contributed by atoms with van der Waals surface area (Å²) in [5.74, 6) is -1.07. The van der Waals surface area contributed by atoms with E-state index in [1.807, 2.05) is 0 Å². The molecule has 3 N–H and O–H groups in total. The van der Waals surface area contributed by atoms with Crippen LogP contribution in [-0.2, 0) is 9.53 Å². The normalized spacial score (nSPS) is 17.3. The van der Waals surface area contributed by atoms with Crippen molar-refractivity contribution in [3.05, 3.63) is 0 Å². The molecule has 0 bridgehead atoms. The lowest BCUT2D eigenvalue weighted by Crippen LogP contribution is -2.55. The number of carboxylic acids is 1. The fourth-order valence-electron chi connectivity index (χ4n) is 1.84. The van der Waals surface area contributed by atoms with E-state index in [-0.39, 0.29) is 18.7 Å². The summed E-state index contributed by atoms with van der Waals surface area (Å²) in [6.45, 7) is 4.25. The molecule has 0 aromatic rings. The van der Waals surface area contributed by atoms with E-state index >= 15 is 0 Å². The number of carbonyl (C=O) groups is 2. The van der Waals surface area contributed by atoms with Crippen molar-refractivity contribution in [2.75, 3.05) is 26.3 Å². The van der Waals surface area contributed by atoms with Gasteiger partial charge in [-0.15, -0.1) is 0 Å². The van der Waals surface area contributed by atoms with Gasteiger partial charge in [-0.25, -0.2) is 9.59 Å². The molecule has 0 atom stereocenters. The molecule has 0 spiro atoms. The van der Waals surface area contributed by atoms with Crippen LogP contribution in [-0.4, -0.2) is 65.1 Å². The lowest BCUT2D eigenvalue weighted by Gasteiger charge is -2.34. The van der Waals surface area contributed by atoms with Crippen LogP contribution in [0.4, 0.5) is 4.79 Å². The molecule has 2 amide bonds. The number of aliphatic carboxylic acids is 1. The van der Waals surface area contributed by atoms with Crippen LogP contribution in [0.25, 0.3) is 0 Å². The molecule has 0 aromatic heterocycles. The van der Waals surface area contributed by atoms with Crippen molar-refractivity contribution in [3.63, 3.8) is 0 Å². The van der Waals surface area contributed by atoms with Crippen LogP contribution in [0.2, 0.25) is 0 Å². The first-order chi connectivity index (χ1) is 8.86. The third-order valence-corrected chi connectivity index (χ3v) is 3.13. The van der Waals surface area contributed by atoms with Crippen molar-refractivity contribution < 1.29 is 24.5 Å². The molecule has 0 unspecified atom stereocenters. The largest absolute Gasteiger partial charge is 0.480 e. The number of nitrogens with one attached hydrogen (secondary N) is 1. The maximum atomic E-state index is 11.9.